The molecule has 0 bridgehead atoms. The maximum absolute atomic E-state index is 12.8. The molecule has 6 nitrogen and oxygen atoms in total. The quantitative estimate of drug-likeness (QED) is 0.385. The number of hydrogen-bond acceptors (Lipinski definition) is 5. The van der Waals surface area contributed by atoms with Crippen molar-refractivity contribution >= 4 is 52.2 Å². The van der Waals surface area contributed by atoms with Gasteiger partial charge in [-0.25, -0.2) is 0 Å². The zero-order valence-corrected chi connectivity index (χ0v) is 20.8. The summed E-state index contributed by atoms with van der Waals surface area (Å²) in [6, 6.07) is 20.5. The van der Waals surface area contributed by atoms with Crippen molar-refractivity contribution in [1.82, 2.24) is 4.90 Å². The monoisotopic (exact) mass is 506 g/mol. The number of halogens is 1. The molecule has 3 aromatic carbocycles. The summed E-state index contributed by atoms with van der Waals surface area (Å²) >= 11 is 6.80. The van der Waals surface area contributed by atoms with Gasteiger partial charge in [-0.05, 0) is 72.6 Å². The van der Waals surface area contributed by atoms with E-state index in [1.165, 1.54) is 5.56 Å². The van der Waals surface area contributed by atoms with Crippen molar-refractivity contribution in [1.29, 1.82) is 0 Å². The highest BCUT2D eigenvalue weighted by Gasteiger charge is 2.36. The van der Waals surface area contributed by atoms with Gasteiger partial charge in [0.1, 0.15) is 18.9 Å². The Hall–Kier alpha value is -3.55. The topological polar surface area (TPSA) is 75.7 Å². The van der Waals surface area contributed by atoms with Crippen LogP contribution in [0.25, 0.3) is 6.08 Å². The Labute approximate surface area is 212 Å². The number of hydrogen-bond donors (Lipinski definition) is 1. The molecular weight excluding hydrogens is 484 g/mol. The third kappa shape index (κ3) is 6.32. The Morgan fingerprint density at radius 1 is 1.06 bits per heavy atom. The first kappa shape index (κ1) is 24.6. The lowest BCUT2D eigenvalue weighted by atomic mass is 10.1. The largest absolute Gasteiger partial charge is 0.489 e. The molecule has 1 heterocycles. The van der Waals surface area contributed by atoms with Gasteiger partial charge in [-0.2, -0.15) is 0 Å². The van der Waals surface area contributed by atoms with Crippen LogP contribution in [0.3, 0.4) is 0 Å². The molecular formula is C27H23ClN2O4S. The highest BCUT2D eigenvalue weighted by molar-refractivity contribution is 8.18. The standard InChI is InChI=1S/C27H23ClN2O4S/c1-17-4-3-5-20(12-17)16-34-22-10-7-19(8-11-22)13-24-26(32)30(27(33)35-24)15-25(31)29-23-14-21(28)9-6-18(23)2/h3-14H,15-16H2,1-2H3,(H,29,31)/b24-13+. The molecule has 8 heteroatoms. The third-order valence-corrected chi connectivity index (χ3v) is 6.46. The number of aryl methyl sites for hydroxylation is 2. The first-order chi connectivity index (χ1) is 16.8. The Bertz CT molecular complexity index is 1320. The fourth-order valence-electron chi connectivity index (χ4n) is 3.48. The maximum atomic E-state index is 12.8. The number of carbonyl (C=O) groups is 3. The molecule has 0 saturated carbocycles. The van der Waals surface area contributed by atoms with Crippen molar-refractivity contribution in [2.45, 2.75) is 20.5 Å². The highest BCUT2D eigenvalue weighted by Crippen LogP contribution is 2.32. The van der Waals surface area contributed by atoms with Crippen molar-refractivity contribution in [3.63, 3.8) is 0 Å². The van der Waals surface area contributed by atoms with Gasteiger partial charge in [-0.1, -0.05) is 59.6 Å². The molecule has 0 spiro atoms. The lowest BCUT2D eigenvalue weighted by Crippen LogP contribution is -2.36. The molecule has 3 aromatic rings. The molecule has 1 fully saturated rings. The van der Waals surface area contributed by atoms with Gasteiger partial charge in [0.25, 0.3) is 11.1 Å². The normalized spacial score (nSPS) is 14.5. The first-order valence-corrected chi connectivity index (χ1v) is 12.1. The van der Waals surface area contributed by atoms with Crippen LogP contribution in [-0.4, -0.2) is 28.5 Å². The number of amides is 3. The minimum Gasteiger partial charge on any atom is -0.489 e. The molecule has 1 N–H and O–H groups in total. The Balaban J connectivity index is 1.37. The zero-order valence-electron chi connectivity index (χ0n) is 19.2. The number of nitrogens with one attached hydrogen (secondary N) is 1. The molecule has 4 rings (SSSR count). The number of benzene rings is 3. The molecule has 3 amide bonds. The molecule has 1 aliphatic rings. The summed E-state index contributed by atoms with van der Waals surface area (Å²) in [4.78, 5) is 38.8. The maximum Gasteiger partial charge on any atom is 0.294 e. The minimum absolute atomic E-state index is 0.259. The molecule has 0 unspecified atom stereocenters. The number of ether oxygens (including phenoxy) is 1. The summed E-state index contributed by atoms with van der Waals surface area (Å²) in [5.74, 6) is -0.281. The zero-order chi connectivity index (χ0) is 24.9. The van der Waals surface area contributed by atoms with Crippen LogP contribution in [0.1, 0.15) is 22.3 Å². The Morgan fingerprint density at radius 2 is 1.83 bits per heavy atom. The second-order valence-electron chi connectivity index (χ2n) is 8.12. The lowest BCUT2D eigenvalue weighted by molar-refractivity contribution is -0.127. The SMILES string of the molecule is Cc1cccc(COc2ccc(/C=C3/SC(=O)N(CC(=O)Nc4cc(Cl)ccc4C)C3=O)cc2)c1. The second kappa shape index (κ2) is 10.8. The summed E-state index contributed by atoms with van der Waals surface area (Å²) in [7, 11) is 0. The predicted octanol–water partition coefficient (Wildman–Crippen LogP) is 6.21. The van der Waals surface area contributed by atoms with Crippen molar-refractivity contribution < 1.29 is 19.1 Å². The summed E-state index contributed by atoms with van der Waals surface area (Å²) in [5, 5.41) is 2.69. The number of carbonyl (C=O) groups excluding carboxylic acids is 3. The van der Waals surface area contributed by atoms with Gasteiger partial charge in [0.15, 0.2) is 0 Å². The molecule has 0 aromatic heterocycles. The van der Waals surface area contributed by atoms with Crippen LogP contribution in [-0.2, 0) is 16.2 Å². The average Bonchev–Trinajstić information content (AvgIpc) is 3.08. The molecule has 1 saturated heterocycles. The van der Waals surface area contributed by atoms with E-state index in [0.717, 1.165) is 33.4 Å². The van der Waals surface area contributed by atoms with E-state index in [4.69, 9.17) is 16.3 Å². The Morgan fingerprint density at radius 3 is 2.57 bits per heavy atom. The minimum atomic E-state index is -0.502. The van der Waals surface area contributed by atoms with Gasteiger partial charge in [-0.15, -0.1) is 0 Å². The molecule has 0 aliphatic carbocycles. The molecule has 35 heavy (non-hydrogen) atoms. The van der Waals surface area contributed by atoms with E-state index in [2.05, 4.69) is 11.4 Å². The van der Waals surface area contributed by atoms with Crippen LogP contribution < -0.4 is 10.1 Å². The van der Waals surface area contributed by atoms with Crippen LogP contribution in [0.2, 0.25) is 5.02 Å². The van der Waals surface area contributed by atoms with Gasteiger partial charge in [0.2, 0.25) is 5.91 Å². The number of thioether (sulfide) groups is 1. The van der Waals surface area contributed by atoms with E-state index in [9.17, 15) is 14.4 Å². The van der Waals surface area contributed by atoms with Crippen LogP contribution in [0.5, 0.6) is 5.75 Å². The molecule has 0 radical (unpaired) electrons. The van der Waals surface area contributed by atoms with Gasteiger partial charge in [0, 0.05) is 10.7 Å². The Kier molecular flexibility index (Phi) is 7.58. The van der Waals surface area contributed by atoms with Crippen molar-refractivity contribution in [2.75, 3.05) is 11.9 Å². The summed E-state index contributed by atoms with van der Waals surface area (Å²) in [6.07, 6.45) is 1.63. The van der Waals surface area contributed by atoms with Crippen molar-refractivity contribution in [2.24, 2.45) is 0 Å². The van der Waals surface area contributed by atoms with E-state index >= 15 is 0 Å². The fourth-order valence-corrected chi connectivity index (χ4v) is 4.49. The number of nitrogens with zero attached hydrogens (tertiary/aromatic N) is 1. The summed E-state index contributed by atoms with van der Waals surface area (Å²) < 4.78 is 5.83. The number of anilines is 1. The van der Waals surface area contributed by atoms with E-state index < -0.39 is 17.1 Å². The molecule has 1 aliphatic heterocycles. The van der Waals surface area contributed by atoms with Crippen molar-refractivity contribution in [3.05, 3.63) is 98.9 Å². The van der Waals surface area contributed by atoms with Crippen molar-refractivity contribution in [3.8, 4) is 5.75 Å². The first-order valence-electron chi connectivity index (χ1n) is 10.9. The number of imide groups is 1. The van der Waals surface area contributed by atoms with Gasteiger partial charge >= 0.3 is 0 Å². The fraction of sp³-hybridized carbons (Fsp3) is 0.148. The van der Waals surface area contributed by atoms with Gasteiger partial charge < -0.3 is 10.1 Å². The highest BCUT2D eigenvalue weighted by atomic mass is 35.5. The second-order valence-corrected chi connectivity index (χ2v) is 9.55. The molecule has 178 valence electrons. The van der Waals surface area contributed by atoms with Gasteiger partial charge in [-0.3, -0.25) is 19.3 Å². The van der Waals surface area contributed by atoms with E-state index in [-0.39, 0.29) is 11.4 Å². The molecule has 0 atom stereocenters. The number of rotatable bonds is 7. The summed E-state index contributed by atoms with van der Waals surface area (Å²) in [6.45, 7) is 3.94. The van der Waals surface area contributed by atoms with E-state index in [0.29, 0.717) is 23.1 Å². The van der Waals surface area contributed by atoms with Gasteiger partial charge in [0.05, 0.1) is 4.91 Å². The average molecular weight is 507 g/mol. The van der Waals surface area contributed by atoms with E-state index in [1.54, 1.807) is 24.3 Å². The van der Waals surface area contributed by atoms with E-state index in [1.807, 2.05) is 56.3 Å². The lowest BCUT2D eigenvalue weighted by Gasteiger charge is -2.13. The predicted molar refractivity (Wildman–Crippen MR) is 139 cm³/mol. The van der Waals surface area contributed by atoms with Crippen LogP contribution in [0.4, 0.5) is 10.5 Å². The van der Waals surface area contributed by atoms with Crippen LogP contribution >= 0.6 is 23.4 Å². The van der Waals surface area contributed by atoms with Crippen LogP contribution in [0, 0.1) is 13.8 Å². The smallest absolute Gasteiger partial charge is 0.294 e. The van der Waals surface area contributed by atoms with Crippen LogP contribution in [0.15, 0.2) is 71.6 Å². The summed E-state index contributed by atoms with van der Waals surface area (Å²) in [5.41, 5.74) is 4.36. The third-order valence-electron chi connectivity index (χ3n) is 5.31.